The van der Waals surface area contributed by atoms with Crippen molar-refractivity contribution in [3.63, 3.8) is 0 Å². The number of hydrogen-bond donors (Lipinski definition) is 2. The number of carbonyl (C=O) groups excluding carboxylic acids is 2. The number of aliphatic hydroxyl groups is 1. The molecule has 0 bridgehead atoms. The molecule has 44 heavy (non-hydrogen) atoms. The van der Waals surface area contributed by atoms with Crippen LogP contribution in [0.1, 0.15) is 35.6 Å². The second-order valence-electron chi connectivity index (χ2n) is 11.6. The average molecular weight is 621 g/mol. The van der Waals surface area contributed by atoms with Gasteiger partial charge in [-0.2, -0.15) is 0 Å². The Labute approximate surface area is 263 Å². The van der Waals surface area contributed by atoms with Gasteiger partial charge < -0.3 is 24.6 Å². The zero-order chi connectivity index (χ0) is 31.4. The number of likely N-dealkylation sites (N-methyl/N-ethyl adjacent to an activating group) is 1. The van der Waals surface area contributed by atoms with Gasteiger partial charge >= 0.3 is 6.09 Å². The summed E-state index contributed by atoms with van der Waals surface area (Å²) in [7, 11) is 5.71. The third kappa shape index (κ3) is 6.76. The second-order valence-corrected chi connectivity index (χ2v) is 12.0. The molecule has 0 fully saturated rings. The minimum atomic E-state index is -0.742. The van der Waals surface area contributed by atoms with Crippen molar-refractivity contribution >= 4 is 34.9 Å². The van der Waals surface area contributed by atoms with Crippen molar-refractivity contribution in [3.8, 4) is 11.5 Å². The van der Waals surface area contributed by atoms with E-state index in [-0.39, 0.29) is 31.7 Å². The zero-order valence-electron chi connectivity index (χ0n) is 25.5. The van der Waals surface area contributed by atoms with E-state index >= 15 is 0 Å². The third-order valence-corrected chi connectivity index (χ3v) is 8.39. The van der Waals surface area contributed by atoms with Gasteiger partial charge in [-0.3, -0.25) is 14.2 Å². The van der Waals surface area contributed by atoms with Crippen molar-refractivity contribution < 1.29 is 28.9 Å². The summed E-state index contributed by atoms with van der Waals surface area (Å²) in [6.45, 7) is 2.82. The summed E-state index contributed by atoms with van der Waals surface area (Å²) in [5.74, 6) is 0.855. The predicted molar refractivity (Wildman–Crippen MR) is 171 cm³/mol. The molecule has 3 aromatic carbocycles. The molecule has 2 aliphatic rings. The van der Waals surface area contributed by atoms with Gasteiger partial charge in [-0.15, -0.1) is 0 Å². The summed E-state index contributed by atoms with van der Waals surface area (Å²) in [6, 6.07) is 20.8. The lowest BCUT2D eigenvalue weighted by Crippen LogP contribution is -2.48. The maximum absolute atomic E-state index is 13.7. The number of ether oxygens (including phenoxy) is 3. The Hall–Kier alpha value is -3.89. The topological polar surface area (TPSA) is 97.3 Å². The molecule has 10 heteroatoms. The Morgan fingerprint density at radius 2 is 1.77 bits per heavy atom. The molecule has 2 heterocycles. The van der Waals surface area contributed by atoms with E-state index in [4.69, 9.17) is 25.8 Å². The van der Waals surface area contributed by atoms with E-state index in [2.05, 4.69) is 25.5 Å². The van der Waals surface area contributed by atoms with Gasteiger partial charge in [0.2, 0.25) is 5.91 Å². The lowest BCUT2D eigenvalue weighted by molar-refractivity contribution is -0.125. The highest BCUT2D eigenvalue weighted by atomic mass is 35.5. The van der Waals surface area contributed by atoms with Gasteiger partial charge in [0.1, 0.15) is 35.5 Å². The van der Waals surface area contributed by atoms with Crippen LogP contribution < -0.4 is 19.3 Å². The zero-order valence-corrected chi connectivity index (χ0v) is 26.3. The quantitative estimate of drug-likeness (QED) is 0.292. The van der Waals surface area contributed by atoms with E-state index in [1.807, 2.05) is 55.5 Å². The summed E-state index contributed by atoms with van der Waals surface area (Å²) < 4.78 is 17.0. The molecule has 0 spiro atoms. The number of fused-ring (bicyclic) bond motifs is 2. The fourth-order valence-electron chi connectivity index (χ4n) is 5.96. The first kappa shape index (κ1) is 31.5. The van der Waals surface area contributed by atoms with Gasteiger partial charge in [0.15, 0.2) is 0 Å². The number of methoxy groups -OCH3 is 1. The Bertz CT molecular complexity index is 1540. The van der Waals surface area contributed by atoms with E-state index in [1.165, 1.54) is 12.7 Å². The van der Waals surface area contributed by atoms with Crippen molar-refractivity contribution in [2.45, 2.75) is 31.9 Å². The number of aliphatic hydroxyl groups excluding tert-OH is 1. The molecule has 0 aromatic heterocycles. The Kier molecular flexibility index (Phi) is 9.60. The normalized spacial score (nSPS) is 17.5. The summed E-state index contributed by atoms with van der Waals surface area (Å²) >= 11 is 6.44. The summed E-state index contributed by atoms with van der Waals surface area (Å²) in [4.78, 5) is 27.1. The van der Waals surface area contributed by atoms with Gasteiger partial charge in [-0.1, -0.05) is 41.4 Å². The van der Waals surface area contributed by atoms with Crippen LogP contribution in [0.5, 0.6) is 11.5 Å². The highest BCUT2D eigenvalue weighted by molar-refractivity contribution is 6.31. The highest BCUT2D eigenvalue weighted by Gasteiger charge is 2.49. The van der Waals surface area contributed by atoms with Gasteiger partial charge in [0.05, 0.1) is 26.8 Å². The smallest absolute Gasteiger partial charge is 0.416 e. The van der Waals surface area contributed by atoms with Crippen LogP contribution >= 0.6 is 11.6 Å². The maximum atomic E-state index is 13.7. The number of hydrogen-bond acceptors (Lipinski definition) is 6. The van der Waals surface area contributed by atoms with E-state index in [0.717, 1.165) is 28.1 Å². The molecule has 0 saturated heterocycles. The highest BCUT2D eigenvalue weighted by Crippen LogP contribution is 2.53. The van der Waals surface area contributed by atoms with E-state index < -0.39 is 12.2 Å². The van der Waals surface area contributed by atoms with Crippen LogP contribution in [0.3, 0.4) is 0 Å². The molecule has 0 radical (unpaired) electrons. The molecule has 3 aromatic rings. The molecule has 0 aliphatic carbocycles. The standard InChI is InChI=1S/C34H38ClN3O6/c1-22-5-10-27(11-6-22)44-34(41)37-17-15-28-29-19-24(35)9-14-30(29)38(2,3)33(28)32(37)23-7-12-26(13-8-23)43-18-16-25(39)20-36-31(40)21-42-4/h5-14,19,25,32,39H,15-18,20-21H2,1-4H3/p+1. The van der Waals surface area contributed by atoms with Gasteiger partial charge in [0.25, 0.3) is 0 Å². The summed E-state index contributed by atoms with van der Waals surface area (Å²) in [6.07, 6.45) is -0.127. The van der Waals surface area contributed by atoms with Crippen molar-refractivity contribution in [1.29, 1.82) is 0 Å². The molecule has 5 rings (SSSR count). The SMILES string of the molecule is COCC(=O)NCC(O)CCOc1ccc(C2C3=C(CCN2C(=O)Oc2ccc(C)cc2)c2cc(Cl)ccc2[N+]3(C)C)cc1. The molecule has 2 atom stereocenters. The number of nitrogens with one attached hydrogen (secondary N) is 1. The average Bonchev–Trinajstić information content (AvgIpc) is 3.23. The molecule has 2 aliphatic heterocycles. The first-order valence-electron chi connectivity index (χ1n) is 14.7. The van der Waals surface area contributed by atoms with Gasteiger partial charge in [-0.25, -0.2) is 4.79 Å². The fraction of sp³-hybridized carbons (Fsp3) is 0.353. The number of quaternary nitrogens is 1. The number of carbonyl (C=O) groups is 2. The van der Waals surface area contributed by atoms with Gasteiger partial charge in [0, 0.05) is 48.8 Å². The second kappa shape index (κ2) is 13.4. The van der Waals surface area contributed by atoms with Crippen LogP contribution in [0.2, 0.25) is 5.02 Å². The summed E-state index contributed by atoms with van der Waals surface area (Å²) in [5, 5.41) is 13.5. The first-order chi connectivity index (χ1) is 21.1. The van der Waals surface area contributed by atoms with Crippen LogP contribution in [-0.2, 0) is 9.53 Å². The molecular formula is C34H39ClN3O6+. The summed E-state index contributed by atoms with van der Waals surface area (Å²) in [5.41, 5.74) is 6.56. The van der Waals surface area contributed by atoms with Crippen molar-refractivity contribution in [1.82, 2.24) is 14.7 Å². The number of rotatable bonds is 10. The number of halogens is 1. The van der Waals surface area contributed by atoms with E-state index in [9.17, 15) is 14.7 Å². The number of benzene rings is 3. The largest absolute Gasteiger partial charge is 0.493 e. The number of nitrogens with zero attached hydrogens (tertiary/aromatic N) is 2. The van der Waals surface area contributed by atoms with Crippen LogP contribution in [0.4, 0.5) is 10.5 Å². The van der Waals surface area contributed by atoms with Crippen LogP contribution in [0.15, 0.2) is 72.4 Å². The fourth-order valence-corrected chi connectivity index (χ4v) is 6.13. The Morgan fingerprint density at radius 1 is 1.07 bits per heavy atom. The van der Waals surface area contributed by atoms with Crippen molar-refractivity contribution in [2.24, 2.45) is 0 Å². The predicted octanol–water partition coefficient (Wildman–Crippen LogP) is 5.48. The lowest BCUT2D eigenvalue weighted by Gasteiger charge is -2.40. The molecule has 232 valence electrons. The van der Waals surface area contributed by atoms with Gasteiger partial charge in [-0.05, 0) is 55.3 Å². The molecule has 0 saturated carbocycles. The Balaban J connectivity index is 1.37. The third-order valence-electron chi connectivity index (χ3n) is 8.16. The Morgan fingerprint density at radius 3 is 2.48 bits per heavy atom. The molecule has 2 unspecified atom stereocenters. The minimum Gasteiger partial charge on any atom is -0.493 e. The monoisotopic (exact) mass is 620 g/mol. The molecular weight excluding hydrogens is 582 g/mol. The van der Waals surface area contributed by atoms with Crippen LogP contribution in [0.25, 0.3) is 5.57 Å². The number of aryl methyl sites for hydroxylation is 1. The van der Waals surface area contributed by atoms with Crippen molar-refractivity contribution in [2.75, 3.05) is 47.5 Å². The van der Waals surface area contributed by atoms with Crippen LogP contribution in [-0.4, -0.2) is 75.6 Å². The van der Waals surface area contributed by atoms with E-state index in [0.29, 0.717) is 40.4 Å². The maximum Gasteiger partial charge on any atom is 0.416 e. The van der Waals surface area contributed by atoms with E-state index in [1.54, 1.807) is 17.0 Å². The molecule has 2 N–H and O–H groups in total. The van der Waals surface area contributed by atoms with Crippen molar-refractivity contribution in [3.05, 3.63) is 94.1 Å². The molecule has 2 amide bonds. The first-order valence-corrected chi connectivity index (χ1v) is 15.1. The minimum absolute atomic E-state index is 0.0496. The molecule has 9 nitrogen and oxygen atoms in total. The lowest BCUT2D eigenvalue weighted by atomic mass is 9.91. The van der Waals surface area contributed by atoms with Crippen LogP contribution in [0, 0.1) is 6.92 Å². The number of amides is 2.